The molecule has 3 unspecified atom stereocenters. The van der Waals surface area contributed by atoms with Gasteiger partial charge in [0.1, 0.15) is 0 Å². The van der Waals surface area contributed by atoms with Crippen molar-refractivity contribution in [3.63, 3.8) is 0 Å². The SMILES string of the molecule is C=S1CC2CCC1C2. The highest BCUT2D eigenvalue weighted by Crippen LogP contribution is 2.47. The van der Waals surface area contributed by atoms with Crippen molar-refractivity contribution in [2.75, 3.05) is 5.75 Å². The fourth-order valence-electron chi connectivity index (χ4n) is 1.92. The van der Waals surface area contributed by atoms with Gasteiger partial charge in [-0.2, -0.15) is 10.5 Å². The van der Waals surface area contributed by atoms with Crippen LogP contribution in [0.3, 0.4) is 0 Å². The maximum atomic E-state index is 4.15. The highest BCUT2D eigenvalue weighted by molar-refractivity contribution is 8.14. The molecule has 0 aromatic heterocycles. The maximum Gasteiger partial charge on any atom is -0.000488 e. The molecule has 2 fully saturated rings. The lowest BCUT2D eigenvalue weighted by Gasteiger charge is -2.11. The Morgan fingerprint density at radius 3 is 2.50 bits per heavy atom. The van der Waals surface area contributed by atoms with E-state index in [1.54, 1.807) is 0 Å². The molecule has 0 amide bonds. The Morgan fingerprint density at radius 2 is 2.25 bits per heavy atom. The Hall–Kier alpha value is 0.220. The molecule has 0 nitrogen and oxygen atoms in total. The molecule has 46 valence electrons. The van der Waals surface area contributed by atoms with E-state index in [4.69, 9.17) is 0 Å². The smallest absolute Gasteiger partial charge is 0.000488 e. The quantitative estimate of drug-likeness (QED) is 0.437. The molecule has 1 heteroatoms. The van der Waals surface area contributed by atoms with Gasteiger partial charge in [-0.3, -0.25) is 0 Å². The van der Waals surface area contributed by atoms with Crippen molar-refractivity contribution in [1.29, 1.82) is 0 Å². The third kappa shape index (κ3) is 0.572. The Balaban J connectivity index is 2.22. The first-order chi connectivity index (χ1) is 3.86. The van der Waals surface area contributed by atoms with Crippen LogP contribution in [0.5, 0.6) is 0 Å². The molecular weight excluding hydrogens is 116 g/mol. The van der Waals surface area contributed by atoms with E-state index in [1.165, 1.54) is 25.0 Å². The lowest BCUT2D eigenvalue weighted by atomic mass is 10.1. The molecule has 0 aromatic carbocycles. The Kier molecular flexibility index (Phi) is 1.01. The molecule has 1 saturated carbocycles. The second-order valence-corrected chi connectivity index (χ2v) is 5.08. The Morgan fingerprint density at radius 1 is 1.38 bits per heavy atom. The summed E-state index contributed by atoms with van der Waals surface area (Å²) in [4.78, 5) is 0. The summed E-state index contributed by atoms with van der Waals surface area (Å²) in [5.74, 6) is 6.71. The van der Waals surface area contributed by atoms with Crippen molar-refractivity contribution >= 4 is 16.4 Å². The average Bonchev–Trinajstić information content (AvgIpc) is 2.23. The normalized spacial score (nSPS) is 52.8. The van der Waals surface area contributed by atoms with Crippen molar-refractivity contribution in [3.8, 4) is 0 Å². The number of rotatable bonds is 0. The Labute approximate surface area is 53.2 Å². The van der Waals surface area contributed by atoms with E-state index in [-0.39, 0.29) is 0 Å². The minimum atomic E-state index is 0.589. The van der Waals surface area contributed by atoms with Crippen LogP contribution >= 0.6 is 10.5 Å². The van der Waals surface area contributed by atoms with Crippen LogP contribution in [-0.2, 0) is 0 Å². The zero-order chi connectivity index (χ0) is 5.56. The highest BCUT2D eigenvalue weighted by Gasteiger charge is 2.33. The van der Waals surface area contributed by atoms with Gasteiger partial charge in [-0.25, -0.2) is 0 Å². The average molecular weight is 128 g/mol. The fourth-order valence-corrected chi connectivity index (χ4v) is 4.12. The van der Waals surface area contributed by atoms with Gasteiger partial charge in [0.2, 0.25) is 0 Å². The molecular formula is C7H12S. The summed E-state index contributed by atoms with van der Waals surface area (Å²) in [5.41, 5.74) is 0. The van der Waals surface area contributed by atoms with Gasteiger partial charge in [0.15, 0.2) is 0 Å². The Bertz CT molecular complexity index is 128. The number of hydrogen-bond donors (Lipinski definition) is 0. The van der Waals surface area contributed by atoms with Crippen molar-refractivity contribution < 1.29 is 0 Å². The van der Waals surface area contributed by atoms with Gasteiger partial charge in [0, 0.05) is 0 Å². The second kappa shape index (κ2) is 1.60. The van der Waals surface area contributed by atoms with Gasteiger partial charge in [0.05, 0.1) is 0 Å². The molecule has 8 heavy (non-hydrogen) atoms. The van der Waals surface area contributed by atoms with Crippen LogP contribution in [0.2, 0.25) is 0 Å². The zero-order valence-corrected chi connectivity index (χ0v) is 5.91. The lowest BCUT2D eigenvalue weighted by Crippen LogP contribution is -1.97. The van der Waals surface area contributed by atoms with Gasteiger partial charge >= 0.3 is 0 Å². The molecule has 1 aliphatic heterocycles. The molecule has 0 spiro atoms. The van der Waals surface area contributed by atoms with Crippen LogP contribution in [0.25, 0.3) is 0 Å². The van der Waals surface area contributed by atoms with E-state index >= 15 is 0 Å². The summed E-state index contributed by atoms with van der Waals surface area (Å²) in [6, 6.07) is 0. The molecule has 0 N–H and O–H groups in total. The summed E-state index contributed by atoms with van der Waals surface area (Å²) in [6.45, 7) is 0. The predicted octanol–water partition coefficient (Wildman–Crippen LogP) is 1.87. The number of hydrogen-bond acceptors (Lipinski definition) is 0. The van der Waals surface area contributed by atoms with Gasteiger partial charge < -0.3 is 0 Å². The standard InChI is InChI=1S/C7H12S/c1-8-5-6-2-3-7(8)4-6/h6-7H,1-5H2. The van der Waals surface area contributed by atoms with Gasteiger partial charge in [-0.1, -0.05) is 5.87 Å². The second-order valence-electron chi connectivity index (χ2n) is 3.01. The molecule has 0 radical (unpaired) electrons. The van der Waals surface area contributed by atoms with Crippen LogP contribution in [0.15, 0.2) is 0 Å². The molecule has 2 bridgehead atoms. The fraction of sp³-hybridized carbons (Fsp3) is 0.857. The van der Waals surface area contributed by atoms with Gasteiger partial charge in [-0.05, 0) is 36.2 Å². The minimum absolute atomic E-state index is 0.589. The summed E-state index contributed by atoms with van der Waals surface area (Å²) in [6.07, 6.45) is 4.54. The summed E-state index contributed by atoms with van der Waals surface area (Å²) >= 11 is 0. The summed E-state index contributed by atoms with van der Waals surface area (Å²) in [7, 11) is 0.589. The summed E-state index contributed by atoms with van der Waals surface area (Å²) in [5, 5.41) is 1.06. The zero-order valence-electron chi connectivity index (χ0n) is 5.10. The third-order valence-electron chi connectivity index (χ3n) is 2.41. The molecule has 1 heterocycles. The van der Waals surface area contributed by atoms with Crippen molar-refractivity contribution in [2.24, 2.45) is 5.92 Å². The van der Waals surface area contributed by atoms with E-state index in [0.717, 1.165) is 11.2 Å². The van der Waals surface area contributed by atoms with Crippen molar-refractivity contribution in [1.82, 2.24) is 0 Å². The van der Waals surface area contributed by atoms with E-state index < -0.39 is 0 Å². The molecule has 0 aromatic rings. The van der Waals surface area contributed by atoms with Crippen LogP contribution in [0, 0.1) is 5.92 Å². The van der Waals surface area contributed by atoms with Crippen LogP contribution in [0.4, 0.5) is 0 Å². The third-order valence-corrected chi connectivity index (χ3v) is 4.68. The van der Waals surface area contributed by atoms with E-state index in [2.05, 4.69) is 5.87 Å². The first-order valence-electron chi connectivity index (χ1n) is 3.35. The van der Waals surface area contributed by atoms with Gasteiger partial charge in [0.25, 0.3) is 0 Å². The molecule has 3 atom stereocenters. The van der Waals surface area contributed by atoms with Crippen LogP contribution in [0.1, 0.15) is 19.3 Å². The molecule has 1 aliphatic carbocycles. The predicted molar refractivity (Wildman–Crippen MR) is 40.7 cm³/mol. The van der Waals surface area contributed by atoms with Crippen molar-refractivity contribution in [3.05, 3.63) is 0 Å². The van der Waals surface area contributed by atoms with Crippen LogP contribution in [-0.4, -0.2) is 16.9 Å². The first kappa shape index (κ1) is 5.04. The lowest BCUT2D eigenvalue weighted by molar-refractivity contribution is 0.636. The first-order valence-corrected chi connectivity index (χ1v) is 4.98. The topological polar surface area (TPSA) is 0 Å². The molecule has 2 rings (SSSR count). The maximum absolute atomic E-state index is 4.15. The highest BCUT2D eigenvalue weighted by atomic mass is 32.2. The molecule has 1 saturated heterocycles. The monoisotopic (exact) mass is 128 g/mol. The largest absolute Gasteiger partial charge is 0.190 e. The van der Waals surface area contributed by atoms with E-state index in [9.17, 15) is 0 Å². The van der Waals surface area contributed by atoms with Gasteiger partial charge in [-0.15, -0.1) is 0 Å². The number of fused-ring (bicyclic) bond motifs is 2. The van der Waals surface area contributed by atoms with Crippen molar-refractivity contribution in [2.45, 2.75) is 24.5 Å². The van der Waals surface area contributed by atoms with Crippen LogP contribution < -0.4 is 0 Å². The van der Waals surface area contributed by atoms with E-state index in [0.29, 0.717) is 10.5 Å². The van der Waals surface area contributed by atoms with E-state index in [1.807, 2.05) is 0 Å². The minimum Gasteiger partial charge on any atom is -0.190 e. The summed E-state index contributed by atoms with van der Waals surface area (Å²) < 4.78 is 0. The molecule has 2 aliphatic rings.